The number of para-hydroxylation sites is 1. The van der Waals surface area contributed by atoms with E-state index in [4.69, 9.17) is 9.47 Å². The first kappa shape index (κ1) is 15.5. The molecule has 19 heavy (non-hydrogen) atoms. The molecule has 4 nitrogen and oxygen atoms in total. The van der Waals surface area contributed by atoms with Crippen LogP contribution in [0, 0.1) is 6.92 Å². The smallest absolute Gasteiger partial charge is 0.305 e. The van der Waals surface area contributed by atoms with Gasteiger partial charge in [0.05, 0.1) is 6.61 Å². The summed E-state index contributed by atoms with van der Waals surface area (Å²) in [5.74, 6) is 0.802. The number of ether oxygens (including phenoxy) is 2. The van der Waals surface area contributed by atoms with Crippen molar-refractivity contribution in [1.29, 1.82) is 0 Å². The normalized spacial score (nSPS) is 10.2. The predicted octanol–water partition coefficient (Wildman–Crippen LogP) is 2.31. The molecule has 0 radical (unpaired) electrons. The molecule has 0 amide bonds. The van der Waals surface area contributed by atoms with E-state index < -0.39 is 0 Å². The Hall–Kier alpha value is -1.55. The lowest BCUT2D eigenvalue weighted by Gasteiger charge is -2.09. The number of benzene rings is 1. The largest absolute Gasteiger partial charge is 0.492 e. The van der Waals surface area contributed by atoms with Crippen LogP contribution in [0.2, 0.25) is 0 Å². The van der Waals surface area contributed by atoms with Gasteiger partial charge in [0.15, 0.2) is 0 Å². The van der Waals surface area contributed by atoms with Gasteiger partial charge in [0.2, 0.25) is 0 Å². The van der Waals surface area contributed by atoms with Gasteiger partial charge in [-0.05, 0) is 38.4 Å². The van der Waals surface area contributed by atoms with Crippen LogP contribution in [0.4, 0.5) is 0 Å². The highest BCUT2D eigenvalue weighted by atomic mass is 16.5. The molecule has 0 saturated heterocycles. The van der Waals surface area contributed by atoms with Crippen LogP contribution in [0.25, 0.3) is 0 Å². The molecule has 4 heteroatoms. The number of aryl methyl sites for hydroxylation is 1. The predicted molar refractivity (Wildman–Crippen MR) is 75.4 cm³/mol. The molecule has 0 saturated carbocycles. The molecule has 0 spiro atoms. The zero-order valence-corrected chi connectivity index (χ0v) is 11.8. The second-order valence-corrected chi connectivity index (χ2v) is 4.27. The van der Waals surface area contributed by atoms with Gasteiger partial charge in [-0.3, -0.25) is 4.79 Å². The molecule has 1 aromatic rings. The Balaban J connectivity index is 2.00. The molecule has 0 aliphatic carbocycles. The van der Waals surface area contributed by atoms with Crippen molar-refractivity contribution in [3.8, 4) is 5.75 Å². The molecule has 1 aromatic carbocycles. The fourth-order valence-electron chi connectivity index (χ4n) is 1.67. The summed E-state index contributed by atoms with van der Waals surface area (Å²) >= 11 is 0. The minimum absolute atomic E-state index is 0.125. The molecule has 1 N–H and O–H groups in total. The summed E-state index contributed by atoms with van der Waals surface area (Å²) < 4.78 is 10.5. The molecule has 0 bridgehead atoms. The lowest BCUT2D eigenvalue weighted by atomic mass is 10.2. The highest BCUT2D eigenvalue weighted by Crippen LogP contribution is 2.15. The number of hydrogen-bond acceptors (Lipinski definition) is 4. The van der Waals surface area contributed by atoms with Crippen molar-refractivity contribution in [2.24, 2.45) is 0 Å². The third-order valence-electron chi connectivity index (χ3n) is 2.67. The van der Waals surface area contributed by atoms with Crippen molar-refractivity contribution in [2.75, 3.05) is 26.3 Å². The summed E-state index contributed by atoms with van der Waals surface area (Å²) in [4.78, 5) is 11.1. The van der Waals surface area contributed by atoms with Crippen LogP contribution in [-0.2, 0) is 9.53 Å². The van der Waals surface area contributed by atoms with Gasteiger partial charge in [0.1, 0.15) is 12.4 Å². The summed E-state index contributed by atoms with van der Waals surface area (Å²) in [5.41, 5.74) is 1.14. The topological polar surface area (TPSA) is 47.6 Å². The van der Waals surface area contributed by atoms with Gasteiger partial charge in [-0.15, -0.1) is 0 Å². The molecule has 0 unspecified atom stereocenters. The van der Waals surface area contributed by atoms with Crippen molar-refractivity contribution in [2.45, 2.75) is 26.7 Å². The van der Waals surface area contributed by atoms with E-state index in [0.29, 0.717) is 19.6 Å². The van der Waals surface area contributed by atoms with Crippen LogP contribution in [0.1, 0.15) is 25.3 Å². The van der Waals surface area contributed by atoms with Gasteiger partial charge >= 0.3 is 5.97 Å². The quantitative estimate of drug-likeness (QED) is 0.550. The number of hydrogen-bond donors (Lipinski definition) is 1. The monoisotopic (exact) mass is 265 g/mol. The van der Waals surface area contributed by atoms with Gasteiger partial charge in [-0.2, -0.15) is 0 Å². The molecule has 106 valence electrons. The number of rotatable bonds is 9. The molecule has 1 rings (SSSR count). The lowest BCUT2D eigenvalue weighted by Crippen LogP contribution is -2.23. The summed E-state index contributed by atoms with van der Waals surface area (Å²) in [6.45, 7) is 6.51. The van der Waals surface area contributed by atoms with E-state index in [2.05, 4.69) is 5.32 Å². The summed E-state index contributed by atoms with van der Waals surface area (Å²) in [7, 11) is 0. The van der Waals surface area contributed by atoms with Crippen molar-refractivity contribution < 1.29 is 14.3 Å². The summed E-state index contributed by atoms with van der Waals surface area (Å²) in [6, 6.07) is 7.96. The third kappa shape index (κ3) is 6.82. The Morgan fingerprint density at radius 2 is 2.05 bits per heavy atom. The van der Waals surface area contributed by atoms with Gasteiger partial charge in [0.25, 0.3) is 0 Å². The fraction of sp³-hybridized carbons (Fsp3) is 0.533. The Bertz CT molecular complexity index is 379. The van der Waals surface area contributed by atoms with E-state index >= 15 is 0 Å². The van der Waals surface area contributed by atoms with Crippen LogP contribution in [0.5, 0.6) is 5.75 Å². The molecule has 0 aliphatic heterocycles. The zero-order valence-electron chi connectivity index (χ0n) is 11.8. The zero-order chi connectivity index (χ0) is 13.9. The van der Waals surface area contributed by atoms with E-state index in [1.54, 1.807) is 0 Å². The maximum atomic E-state index is 11.1. The van der Waals surface area contributed by atoms with E-state index in [9.17, 15) is 4.79 Å². The summed E-state index contributed by atoms with van der Waals surface area (Å²) in [6.07, 6.45) is 1.27. The molecule has 0 fully saturated rings. The number of carbonyl (C=O) groups excluding carboxylic acids is 1. The highest BCUT2D eigenvalue weighted by molar-refractivity contribution is 5.69. The highest BCUT2D eigenvalue weighted by Gasteiger charge is 2.00. The van der Waals surface area contributed by atoms with Crippen LogP contribution >= 0.6 is 0 Å². The average molecular weight is 265 g/mol. The molecular formula is C15H23NO3. The first-order valence-corrected chi connectivity index (χ1v) is 6.78. The number of esters is 1. The SMILES string of the molecule is CCOC(=O)CCCNCCOc1ccccc1C. The maximum Gasteiger partial charge on any atom is 0.305 e. The molecule has 0 heterocycles. The van der Waals surface area contributed by atoms with Crippen molar-refractivity contribution in [3.05, 3.63) is 29.8 Å². The van der Waals surface area contributed by atoms with Crippen LogP contribution in [0.15, 0.2) is 24.3 Å². The lowest BCUT2D eigenvalue weighted by molar-refractivity contribution is -0.143. The average Bonchev–Trinajstić information content (AvgIpc) is 2.40. The van der Waals surface area contributed by atoms with E-state index in [0.717, 1.165) is 30.8 Å². The second-order valence-electron chi connectivity index (χ2n) is 4.27. The Labute approximate surface area is 115 Å². The fourth-order valence-corrected chi connectivity index (χ4v) is 1.67. The Morgan fingerprint density at radius 1 is 1.26 bits per heavy atom. The second kappa shape index (κ2) is 9.39. The minimum atomic E-state index is -0.125. The van der Waals surface area contributed by atoms with Gasteiger partial charge < -0.3 is 14.8 Å². The van der Waals surface area contributed by atoms with Crippen molar-refractivity contribution >= 4 is 5.97 Å². The molecule has 0 aliphatic rings. The molecular weight excluding hydrogens is 242 g/mol. The van der Waals surface area contributed by atoms with Crippen LogP contribution in [-0.4, -0.2) is 32.3 Å². The van der Waals surface area contributed by atoms with E-state index in [-0.39, 0.29) is 5.97 Å². The third-order valence-corrected chi connectivity index (χ3v) is 2.67. The first-order valence-electron chi connectivity index (χ1n) is 6.78. The Morgan fingerprint density at radius 3 is 2.79 bits per heavy atom. The van der Waals surface area contributed by atoms with Crippen LogP contribution < -0.4 is 10.1 Å². The van der Waals surface area contributed by atoms with E-state index in [1.807, 2.05) is 38.1 Å². The molecule has 0 atom stereocenters. The van der Waals surface area contributed by atoms with Crippen molar-refractivity contribution in [3.63, 3.8) is 0 Å². The minimum Gasteiger partial charge on any atom is -0.492 e. The number of carbonyl (C=O) groups is 1. The number of nitrogens with one attached hydrogen (secondary N) is 1. The maximum absolute atomic E-state index is 11.1. The molecule has 0 aromatic heterocycles. The summed E-state index contributed by atoms with van der Waals surface area (Å²) in [5, 5.41) is 3.24. The van der Waals surface area contributed by atoms with Gasteiger partial charge in [0, 0.05) is 13.0 Å². The van der Waals surface area contributed by atoms with E-state index in [1.165, 1.54) is 0 Å². The first-order chi connectivity index (χ1) is 9.24. The van der Waals surface area contributed by atoms with Gasteiger partial charge in [-0.1, -0.05) is 18.2 Å². The van der Waals surface area contributed by atoms with Crippen molar-refractivity contribution in [1.82, 2.24) is 5.32 Å². The van der Waals surface area contributed by atoms with Gasteiger partial charge in [-0.25, -0.2) is 0 Å². The standard InChI is InChI=1S/C15H23NO3/c1-3-18-15(17)9-6-10-16-11-12-19-14-8-5-4-7-13(14)2/h4-5,7-8,16H,3,6,9-12H2,1-2H3. The Kier molecular flexibility index (Phi) is 7.66. The van der Waals surface area contributed by atoms with Crippen LogP contribution in [0.3, 0.4) is 0 Å².